The molecular weight excluding hydrogens is 260 g/mol. The fraction of sp³-hybridized carbons (Fsp3) is 0.818. The molecule has 6 heteroatoms. The molecule has 2 atom stereocenters. The molecular formula is C11H17ClN2O2S. The molecule has 0 N–H and O–H groups in total. The van der Waals surface area contributed by atoms with Gasteiger partial charge in [0.2, 0.25) is 0 Å². The monoisotopic (exact) mass is 276 g/mol. The minimum absolute atomic E-state index is 0.428. The third kappa shape index (κ3) is 3.20. The summed E-state index contributed by atoms with van der Waals surface area (Å²) in [6, 6.07) is 1.40. The van der Waals surface area contributed by atoms with Crippen LogP contribution in [-0.4, -0.2) is 32.2 Å². The molecule has 1 heterocycles. The van der Waals surface area contributed by atoms with Gasteiger partial charge in [0.05, 0.1) is 10.9 Å². The number of nitriles is 1. The first-order valence-electron chi connectivity index (χ1n) is 5.32. The van der Waals surface area contributed by atoms with Gasteiger partial charge < -0.3 is 4.74 Å². The number of hydrogen-bond acceptors (Lipinski definition) is 4. The summed E-state index contributed by atoms with van der Waals surface area (Å²) in [5.41, 5.74) is -0.581. The molecule has 0 aliphatic carbocycles. The Kier molecular flexibility index (Phi) is 3.90. The zero-order chi connectivity index (χ0) is 13.4. The van der Waals surface area contributed by atoms with Gasteiger partial charge in [-0.1, -0.05) is 0 Å². The Morgan fingerprint density at radius 1 is 1.53 bits per heavy atom. The summed E-state index contributed by atoms with van der Waals surface area (Å²) < 4.78 is 4.87. The Labute approximate surface area is 111 Å². The average molecular weight is 277 g/mol. The number of amides is 1. The van der Waals surface area contributed by atoms with E-state index in [1.54, 1.807) is 20.8 Å². The first-order valence-corrected chi connectivity index (χ1v) is 6.64. The first kappa shape index (κ1) is 14.5. The summed E-state index contributed by atoms with van der Waals surface area (Å²) >= 11 is 7.45. The van der Waals surface area contributed by atoms with Crippen molar-refractivity contribution in [2.75, 3.05) is 0 Å². The van der Waals surface area contributed by atoms with Crippen molar-refractivity contribution < 1.29 is 9.53 Å². The quantitative estimate of drug-likeness (QED) is 0.638. The molecule has 1 amide bonds. The van der Waals surface area contributed by atoms with Crippen LogP contribution in [0.25, 0.3) is 0 Å². The molecule has 1 fully saturated rings. The highest BCUT2D eigenvalue weighted by molar-refractivity contribution is 8.02. The summed E-state index contributed by atoms with van der Waals surface area (Å²) in [5.74, 6) is 0. The molecule has 0 bridgehead atoms. The maximum Gasteiger partial charge on any atom is 0.412 e. The largest absolute Gasteiger partial charge is 0.444 e. The van der Waals surface area contributed by atoms with E-state index in [0.717, 1.165) is 0 Å². The lowest BCUT2D eigenvalue weighted by molar-refractivity contribution is 0.0139. The van der Waals surface area contributed by atoms with Crippen molar-refractivity contribution in [2.24, 2.45) is 0 Å². The molecule has 0 aromatic rings. The van der Waals surface area contributed by atoms with E-state index in [9.17, 15) is 4.79 Å². The molecule has 1 saturated heterocycles. The highest BCUT2D eigenvalue weighted by Crippen LogP contribution is 2.46. The van der Waals surface area contributed by atoms with E-state index in [0.29, 0.717) is 0 Å². The third-order valence-corrected chi connectivity index (χ3v) is 3.99. The maximum atomic E-state index is 12.1. The fourth-order valence-electron chi connectivity index (χ4n) is 1.61. The number of rotatable bonds is 0. The predicted octanol–water partition coefficient (Wildman–Crippen LogP) is 3.16. The van der Waals surface area contributed by atoms with E-state index in [2.05, 4.69) is 6.07 Å². The molecule has 0 unspecified atom stereocenters. The van der Waals surface area contributed by atoms with Crippen molar-refractivity contribution >= 4 is 29.5 Å². The molecule has 0 radical (unpaired) electrons. The molecule has 1 aliphatic rings. The van der Waals surface area contributed by atoms with Crippen molar-refractivity contribution in [2.45, 2.75) is 55.8 Å². The van der Waals surface area contributed by atoms with E-state index < -0.39 is 27.3 Å². The van der Waals surface area contributed by atoms with Crippen molar-refractivity contribution in [3.05, 3.63) is 0 Å². The standard InChI is InChI=1S/C11H17ClN2O2S/c1-10(2,3)16-9(15)14-7(6-13)8(12)17-11(14,4)5/h7-8H,1-5H3/t7-,8+/m1/s1. The first-order chi connectivity index (χ1) is 7.58. The molecule has 0 aromatic carbocycles. The van der Waals surface area contributed by atoms with Gasteiger partial charge >= 0.3 is 6.09 Å². The van der Waals surface area contributed by atoms with Gasteiger partial charge in [0, 0.05) is 0 Å². The molecule has 0 aromatic heterocycles. The van der Waals surface area contributed by atoms with Crippen molar-refractivity contribution in [1.82, 2.24) is 4.90 Å². The van der Waals surface area contributed by atoms with Gasteiger partial charge in [-0.2, -0.15) is 5.26 Å². The van der Waals surface area contributed by atoms with E-state index in [4.69, 9.17) is 21.6 Å². The van der Waals surface area contributed by atoms with E-state index in [1.807, 2.05) is 13.8 Å². The lowest BCUT2D eigenvalue weighted by atomic mass is 10.2. The molecule has 17 heavy (non-hydrogen) atoms. The van der Waals surface area contributed by atoms with Crippen LogP contribution in [0.3, 0.4) is 0 Å². The van der Waals surface area contributed by atoms with Crippen LogP contribution < -0.4 is 0 Å². The number of alkyl halides is 1. The van der Waals surface area contributed by atoms with E-state index in [-0.39, 0.29) is 0 Å². The van der Waals surface area contributed by atoms with Crippen molar-refractivity contribution in [1.29, 1.82) is 5.26 Å². The zero-order valence-corrected chi connectivity index (χ0v) is 12.2. The average Bonchev–Trinajstić information content (AvgIpc) is 2.31. The van der Waals surface area contributed by atoms with Crippen molar-refractivity contribution in [3.63, 3.8) is 0 Å². The van der Waals surface area contributed by atoms with Crippen LogP contribution in [0.1, 0.15) is 34.6 Å². The summed E-state index contributed by atoms with van der Waals surface area (Å²) in [5, 5.41) is 9.09. The van der Waals surface area contributed by atoms with Crippen molar-refractivity contribution in [3.8, 4) is 6.07 Å². The highest BCUT2D eigenvalue weighted by atomic mass is 35.5. The van der Waals surface area contributed by atoms with Gasteiger partial charge in [0.1, 0.15) is 16.4 Å². The van der Waals surface area contributed by atoms with Gasteiger partial charge in [-0.05, 0) is 34.6 Å². The zero-order valence-electron chi connectivity index (χ0n) is 10.7. The summed E-state index contributed by atoms with van der Waals surface area (Å²) in [6.07, 6.45) is -0.496. The van der Waals surface area contributed by atoms with Crippen LogP contribution in [0.5, 0.6) is 0 Å². The number of thioether (sulfide) groups is 1. The second-order valence-electron chi connectivity index (χ2n) is 5.34. The second-order valence-corrected chi connectivity index (χ2v) is 7.81. The van der Waals surface area contributed by atoms with Gasteiger partial charge in [-0.3, -0.25) is 4.90 Å². The Morgan fingerprint density at radius 2 is 2.06 bits per heavy atom. The number of hydrogen-bond donors (Lipinski definition) is 0. The molecule has 4 nitrogen and oxygen atoms in total. The molecule has 0 spiro atoms. The minimum Gasteiger partial charge on any atom is -0.444 e. The normalized spacial score (nSPS) is 27.7. The Bertz CT molecular complexity index is 359. The number of carbonyl (C=O) groups excluding carboxylic acids is 1. The SMILES string of the molecule is CC(C)(C)OC(=O)N1[C@H](C#N)[C@@H](Cl)SC1(C)C. The summed E-state index contributed by atoms with van der Waals surface area (Å²) in [7, 11) is 0. The number of carbonyl (C=O) groups is 1. The van der Waals surface area contributed by atoms with Gasteiger partial charge in [-0.25, -0.2) is 4.79 Å². The number of halogens is 1. The van der Waals surface area contributed by atoms with Gasteiger partial charge in [0.15, 0.2) is 0 Å². The molecule has 0 saturated carbocycles. The Balaban J connectivity index is 2.94. The second kappa shape index (κ2) is 4.58. The van der Waals surface area contributed by atoms with Crippen LogP contribution >= 0.6 is 23.4 Å². The predicted molar refractivity (Wildman–Crippen MR) is 68.8 cm³/mol. The summed E-state index contributed by atoms with van der Waals surface area (Å²) in [4.78, 5) is 13.0. The number of nitrogens with zero attached hydrogens (tertiary/aromatic N) is 2. The van der Waals surface area contributed by atoms with Crippen LogP contribution in [0.15, 0.2) is 0 Å². The summed E-state index contributed by atoms with van der Waals surface area (Å²) in [6.45, 7) is 9.09. The topological polar surface area (TPSA) is 53.3 Å². The molecule has 1 aliphatic heterocycles. The maximum absolute atomic E-state index is 12.1. The third-order valence-electron chi connectivity index (χ3n) is 2.23. The highest BCUT2D eigenvalue weighted by Gasteiger charge is 2.50. The van der Waals surface area contributed by atoms with Gasteiger partial charge in [-0.15, -0.1) is 23.4 Å². The number of ether oxygens (including phenoxy) is 1. The van der Waals surface area contributed by atoms with Crippen LogP contribution in [0, 0.1) is 11.3 Å². The fourth-order valence-corrected chi connectivity index (χ4v) is 3.60. The van der Waals surface area contributed by atoms with E-state index >= 15 is 0 Å². The lowest BCUT2D eigenvalue weighted by Crippen LogP contribution is -2.48. The van der Waals surface area contributed by atoms with Crippen LogP contribution in [0.2, 0.25) is 0 Å². The van der Waals surface area contributed by atoms with Crippen LogP contribution in [-0.2, 0) is 4.74 Å². The van der Waals surface area contributed by atoms with Crippen LogP contribution in [0.4, 0.5) is 4.79 Å². The van der Waals surface area contributed by atoms with E-state index in [1.165, 1.54) is 16.7 Å². The van der Waals surface area contributed by atoms with Gasteiger partial charge in [0.25, 0.3) is 0 Å². The molecule has 96 valence electrons. The Morgan fingerprint density at radius 3 is 2.47 bits per heavy atom. The molecule has 1 rings (SSSR count). The smallest absolute Gasteiger partial charge is 0.412 e. The Hall–Kier alpha value is -0.600. The lowest BCUT2D eigenvalue weighted by Gasteiger charge is -2.33. The minimum atomic E-state index is -0.661.